The first-order valence-corrected chi connectivity index (χ1v) is 8.29. The maximum absolute atomic E-state index is 12.6. The smallest absolute Gasteiger partial charge is 0.332 e. The summed E-state index contributed by atoms with van der Waals surface area (Å²) in [6.07, 6.45) is 5.80. The first-order chi connectivity index (χ1) is 12.3. The van der Waals surface area contributed by atoms with Crippen molar-refractivity contribution in [1.82, 2.24) is 19.5 Å². The summed E-state index contributed by atoms with van der Waals surface area (Å²) >= 11 is 0. The number of imidazole rings is 1. The molecule has 3 heterocycles. The van der Waals surface area contributed by atoms with Crippen molar-refractivity contribution in [1.29, 1.82) is 0 Å². The standard InChI is InChI=1S/C19H16N4O2/c1-25-16-7-9-20-15-5-4-12(10-14(15)16)23-17-13(11-2-3-11)6-8-21-18(17)22-19(23)24/h4-11H,2-3H2,1H3,(H,21,22,24). The fourth-order valence-corrected chi connectivity index (χ4v) is 3.45. The van der Waals surface area contributed by atoms with Crippen molar-refractivity contribution in [2.24, 2.45) is 0 Å². The van der Waals surface area contributed by atoms with Crippen molar-refractivity contribution in [3.8, 4) is 11.4 Å². The molecule has 4 aromatic rings. The molecule has 0 saturated heterocycles. The van der Waals surface area contributed by atoms with Gasteiger partial charge in [0, 0.05) is 17.8 Å². The van der Waals surface area contributed by atoms with E-state index in [-0.39, 0.29) is 5.69 Å². The molecule has 6 heteroatoms. The zero-order valence-corrected chi connectivity index (χ0v) is 13.7. The fourth-order valence-electron chi connectivity index (χ4n) is 3.45. The Hall–Kier alpha value is -3.15. The van der Waals surface area contributed by atoms with Crippen LogP contribution >= 0.6 is 0 Å². The Bertz CT molecular complexity index is 1170. The molecule has 3 aromatic heterocycles. The van der Waals surface area contributed by atoms with Gasteiger partial charge < -0.3 is 4.74 Å². The molecule has 6 nitrogen and oxygen atoms in total. The second kappa shape index (κ2) is 5.17. The number of nitrogens with one attached hydrogen (secondary N) is 1. The van der Waals surface area contributed by atoms with Gasteiger partial charge in [-0.1, -0.05) is 0 Å². The van der Waals surface area contributed by atoms with Crippen LogP contribution in [-0.2, 0) is 0 Å². The number of hydrogen-bond donors (Lipinski definition) is 1. The Labute approximate surface area is 143 Å². The molecule has 0 spiro atoms. The van der Waals surface area contributed by atoms with Gasteiger partial charge in [-0.05, 0) is 54.7 Å². The van der Waals surface area contributed by atoms with Crippen molar-refractivity contribution in [2.45, 2.75) is 18.8 Å². The second-order valence-electron chi connectivity index (χ2n) is 6.35. The number of aromatic nitrogens is 4. The zero-order chi connectivity index (χ0) is 17.0. The summed E-state index contributed by atoms with van der Waals surface area (Å²) in [5, 5.41) is 0.876. The molecular weight excluding hydrogens is 316 g/mol. The van der Waals surface area contributed by atoms with Crippen LogP contribution in [0.25, 0.3) is 27.8 Å². The quantitative estimate of drug-likeness (QED) is 0.625. The molecule has 0 bridgehead atoms. The van der Waals surface area contributed by atoms with Gasteiger partial charge in [0.25, 0.3) is 0 Å². The number of rotatable bonds is 3. The van der Waals surface area contributed by atoms with Gasteiger partial charge in [0.15, 0.2) is 5.65 Å². The third-order valence-corrected chi connectivity index (χ3v) is 4.79. The minimum absolute atomic E-state index is 0.183. The van der Waals surface area contributed by atoms with E-state index in [4.69, 9.17) is 4.74 Å². The molecule has 0 amide bonds. The van der Waals surface area contributed by atoms with Gasteiger partial charge in [-0.2, -0.15) is 0 Å². The summed E-state index contributed by atoms with van der Waals surface area (Å²) in [5.41, 5.74) is 4.12. The number of aromatic amines is 1. The van der Waals surface area contributed by atoms with Crippen LogP contribution in [0.4, 0.5) is 0 Å². The summed E-state index contributed by atoms with van der Waals surface area (Å²) in [4.78, 5) is 24.2. The number of H-pyrrole nitrogens is 1. The minimum Gasteiger partial charge on any atom is -0.496 e. The van der Waals surface area contributed by atoms with E-state index in [0.717, 1.165) is 40.7 Å². The van der Waals surface area contributed by atoms with E-state index >= 15 is 0 Å². The molecule has 1 fully saturated rings. The van der Waals surface area contributed by atoms with Crippen molar-refractivity contribution in [2.75, 3.05) is 7.11 Å². The van der Waals surface area contributed by atoms with E-state index in [1.54, 1.807) is 24.1 Å². The van der Waals surface area contributed by atoms with Gasteiger partial charge in [0.2, 0.25) is 0 Å². The average molecular weight is 332 g/mol. The monoisotopic (exact) mass is 332 g/mol. The summed E-state index contributed by atoms with van der Waals surface area (Å²) in [6.45, 7) is 0. The van der Waals surface area contributed by atoms with Gasteiger partial charge >= 0.3 is 5.69 Å². The molecule has 5 rings (SSSR count). The maximum atomic E-state index is 12.6. The Kier molecular flexibility index (Phi) is 2.94. The molecule has 1 aromatic carbocycles. The van der Waals surface area contributed by atoms with Crippen LogP contribution in [0.5, 0.6) is 5.75 Å². The second-order valence-corrected chi connectivity index (χ2v) is 6.35. The van der Waals surface area contributed by atoms with E-state index in [0.29, 0.717) is 11.6 Å². The number of hydrogen-bond acceptors (Lipinski definition) is 4. The molecule has 0 unspecified atom stereocenters. The first-order valence-electron chi connectivity index (χ1n) is 8.29. The molecule has 1 aliphatic carbocycles. The van der Waals surface area contributed by atoms with Gasteiger partial charge in [-0.25, -0.2) is 9.78 Å². The fraction of sp³-hybridized carbons (Fsp3) is 0.211. The number of fused-ring (bicyclic) bond motifs is 2. The van der Waals surface area contributed by atoms with Crippen LogP contribution in [0.3, 0.4) is 0 Å². The molecule has 1 N–H and O–H groups in total. The number of ether oxygens (including phenoxy) is 1. The number of methoxy groups -OCH3 is 1. The lowest BCUT2D eigenvalue weighted by atomic mass is 10.1. The first kappa shape index (κ1) is 14.2. The molecule has 25 heavy (non-hydrogen) atoms. The van der Waals surface area contributed by atoms with E-state index < -0.39 is 0 Å². The summed E-state index contributed by atoms with van der Waals surface area (Å²) < 4.78 is 7.15. The van der Waals surface area contributed by atoms with E-state index in [1.165, 1.54) is 5.56 Å². The lowest BCUT2D eigenvalue weighted by molar-refractivity contribution is 0.419. The molecule has 1 aliphatic rings. The van der Waals surface area contributed by atoms with Crippen molar-refractivity contribution in [3.05, 3.63) is 58.8 Å². The average Bonchev–Trinajstić information content (AvgIpc) is 3.42. The topological polar surface area (TPSA) is 72.8 Å². The highest BCUT2D eigenvalue weighted by molar-refractivity contribution is 5.88. The van der Waals surface area contributed by atoms with Crippen molar-refractivity contribution < 1.29 is 4.74 Å². The van der Waals surface area contributed by atoms with Crippen molar-refractivity contribution >= 4 is 22.1 Å². The predicted octanol–water partition coefficient (Wildman–Crippen LogP) is 3.15. The highest BCUT2D eigenvalue weighted by atomic mass is 16.5. The summed E-state index contributed by atoms with van der Waals surface area (Å²) in [7, 11) is 1.63. The highest BCUT2D eigenvalue weighted by Crippen LogP contribution is 2.42. The highest BCUT2D eigenvalue weighted by Gasteiger charge is 2.28. The third-order valence-electron chi connectivity index (χ3n) is 4.79. The summed E-state index contributed by atoms with van der Waals surface area (Å²) in [6, 6.07) is 9.60. The molecule has 0 aliphatic heterocycles. The van der Waals surface area contributed by atoms with Crippen LogP contribution < -0.4 is 10.4 Å². The van der Waals surface area contributed by atoms with Gasteiger partial charge in [-0.3, -0.25) is 14.5 Å². The third kappa shape index (κ3) is 2.14. The van der Waals surface area contributed by atoms with E-state index in [1.807, 2.05) is 30.3 Å². The van der Waals surface area contributed by atoms with Crippen LogP contribution in [0.15, 0.2) is 47.5 Å². The minimum atomic E-state index is -0.183. The summed E-state index contributed by atoms with van der Waals surface area (Å²) in [5.74, 6) is 1.25. The number of nitrogens with zero attached hydrogens (tertiary/aromatic N) is 3. The largest absolute Gasteiger partial charge is 0.496 e. The molecular formula is C19H16N4O2. The molecule has 0 radical (unpaired) electrons. The van der Waals surface area contributed by atoms with Crippen molar-refractivity contribution in [3.63, 3.8) is 0 Å². The number of pyridine rings is 2. The van der Waals surface area contributed by atoms with E-state index in [2.05, 4.69) is 15.0 Å². The van der Waals surface area contributed by atoms with Crippen LogP contribution in [0.1, 0.15) is 24.3 Å². The predicted molar refractivity (Wildman–Crippen MR) is 95.5 cm³/mol. The maximum Gasteiger partial charge on any atom is 0.332 e. The lowest BCUT2D eigenvalue weighted by Crippen LogP contribution is -2.15. The van der Waals surface area contributed by atoms with Gasteiger partial charge in [0.05, 0.1) is 23.8 Å². The Morgan fingerprint density at radius 1 is 1.16 bits per heavy atom. The molecule has 124 valence electrons. The Balaban J connectivity index is 1.83. The van der Waals surface area contributed by atoms with Crippen LogP contribution in [0, 0.1) is 0 Å². The SMILES string of the molecule is COc1ccnc2ccc(-n3c(=O)[nH]c4nccc(C5CC5)c43)cc12. The van der Waals surface area contributed by atoms with Gasteiger partial charge in [-0.15, -0.1) is 0 Å². The van der Waals surface area contributed by atoms with Gasteiger partial charge in [0.1, 0.15) is 5.75 Å². The Morgan fingerprint density at radius 2 is 2.00 bits per heavy atom. The number of benzene rings is 1. The molecule has 0 atom stereocenters. The molecule has 1 saturated carbocycles. The van der Waals surface area contributed by atoms with E-state index in [9.17, 15) is 4.79 Å². The normalized spacial score (nSPS) is 14.3. The lowest BCUT2D eigenvalue weighted by Gasteiger charge is -2.10. The Morgan fingerprint density at radius 3 is 2.80 bits per heavy atom. The van der Waals surface area contributed by atoms with Crippen LogP contribution in [0.2, 0.25) is 0 Å². The van der Waals surface area contributed by atoms with Crippen LogP contribution in [-0.4, -0.2) is 26.6 Å². The zero-order valence-electron chi connectivity index (χ0n) is 13.7.